The van der Waals surface area contributed by atoms with Crippen LogP contribution in [0.25, 0.3) is 22.6 Å². The number of hydrogen-bond acceptors (Lipinski definition) is 4. The van der Waals surface area contributed by atoms with Gasteiger partial charge < -0.3 is 14.5 Å². The summed E-state index contributed by atoms with van der Waals surface area (Å²) in [7, 11) is 0. The molecule has 0 aliphatic heterocycles. The molecule has 5 nitrogen and oxygen atoms in total. The maximum absolute atomic E-state index is 12.2. The van der Waals surface area contributed by atoms with Gasteiger partial charge in [0, 0.05) is 16.3 Å². The second-order valence-electron chi connectivity index (χ2n) is 6.48. The van der Waals surface area contributed by atoms with Crippen LogP contribution in [-0.2, 0) is 4.79 Å². The number of fused-ring (bicyclic) bond motifs is 1. The minimum atomic E-state index is -0.318. The van der Waals surface area contributed by atoms with Crippen LogP contribution in [-0.4, -0.2) is 17.5 Å². The molecule has 0 unspecified atom stereocenters. The van der Waals surface area contributed by atoms with Crippen molar-refractivity contribution in [3.8, 4) is 17.2 Å². The summed E-state index contributed by atoms with van der Waals surface area (Å²) in [5.74, 6) is 0.564. The van der Waals surface area contributed by atoms with E-state index in [1.807, 2.05) is 37.3 Å². The molecule has 0 bridgehead atoms. The first kappa shape index (κ1) is 19.3. The minimum Gasteiger partial charge on any atom is -0.482 e. The van der Waals surface area contributed by atoms with Crippen LogP contribution in [0.3, 0.4) is 0 Å². The van der Waals surface area contributed by atoms with Gasteiger partial charge in [-0.1, -0.05) is 35.3 Å². The first-order chi connectivity index (χ1) is 14.0. The third-order valence-corrected chi connectivity index (χ3v) is 4.72. The molecule has 0 aliphatic rings. The van der Waals surface area contributed by atoms with Crippen molar-refractivity contribution in [1.82, 2.24) is 4.98 Å². The van der Waals surface area contributed by atoms with E-state index < -0.39 is 0 Å². The van der Waals surface area contributed by atoms with E-state index in [0.717, 1.165) is 22.2 Å². The highest BCUT2D eigenvalue weighted by molar-refractivity contribution is 6.35. The summed E-state index contributed by atoms with van der Waals surface area (Å²) in [6, 6.07) is 17.9. The molecule has 1 N–H and O–H groups in total. The predicted octanol–water partition coefficient (Wildman–Crippen LogP) is 6.13. The fourth-order valence-electron chi connectivity index (χ4n) is 2.82. The maximum Gasteiger partial charge on any atom is 0.262 e. The summed E-state index contributed by atoms with van der Waals surface area (Å²) in [6.45, 7) is 1.81. The zero-order chi connectivity index (χ0) is 20.4. The zero-order valence-electron chi connectivity index (χ0n) is 15.4. The van der Waals surface area contributed by atoms with Gasteiger partial charge in [0.05, 0.1) is 5.02 Å². The fraction of sp³-hybridized carbons (Fsp3) is 0.0909. The van der Waals surface area contributed by atoms with Crippen LogP contribution in [0.4, 0.5) is 5.69 Å². The number of aromatic nitrogens is 1. The van der Waals surface area contributed by atoms with Crippen LogP contribution in [0.15, 0.2) is 65.1 Å². The van der Waals surface area contributed by atoms with Gasteiger partial charge >= 0.3 is 0 Å². The lowest BCUT2D eigenvalue weighted by Crippen LogP contribution is -2.20. The number of hydrogen-bond donors (Lipinski definition) is 1. The maximum atomic E-state index is 12.2. The van der Waals surface area contributed by atoms with Gasteiger partial charge in [-0.05, 0) is 61.0 Å². The minimum absolute atomic E-state index is 0.187. The Morgan fingerprint density at radius 1 is 1.10 bits per heavy atom. The number of carbonyl (C=O) groups is 1. The summed E-state index contributed by atoms with van der Waals surface area (Å²) >= 11 is 11.9. The van der Waals surface area contributed by atoms with Crippen molar-refractivity contribution in [3.63, 3.8) is 0 Å². The monoisotopic (exact) mass is 426 g/mol. The first-order valence-electron chi connectivity index (χ1n) is 8.83. The highest BCUT2D eigenvalue weighted by Crippen LogP contribution is 2.28. The number of nitrogens with zero attached hydrogens (tertiary/aromatic N) is 1. The van der Waals surface area contributed by atoms with Gasteiger partial charge in [-0.3, -0.25) is 4.79 Å². The van der Waals surface area contributed by atoms with Crippen molar-refractivity contribution < 1.29 is 13.9 Å². The second kappa shape index (κ2) is 8.15. The molecule has 0 saturated heterocycles. The molecular formula is C22H16Cl2N2O3. The van der Waals surface area contributed by atoms with E-state index in [-0.39, 0.29) is 12.5 Å². The van der Waals surface area contributed by atoms with Crippen LogP contribution >= 0.6 is 23.2 Å². The van der Waals surface area contributed by atoms with E-state index >= 15 is 0 Å². The molecule has 1 heterocycles. The molecule has 4 aromatic rings. The van der Waals surface area contributed by atoms with E-state index in [2.05, 4.69) is 10.3 Å². The third-order valence-electron chi connectivity index (χ3n) is 4.19. The van der Waals surface area contributed by atoms with Crippen molar-refractivity contribution in [3.05, 3.63) is 76.3 Å². The lowest BCUT2D eigenvalue weighted by atomic mass is 10.2. The van der Waals surface area contributed by atoms with Crippen molar-refractivity contribution in [2.45, 2.75) is 6.92 Å². The Balaban J connectivity index is 1.46. The van der Waals surface area contributed by atoms with Crippen molar-refractivity contribution in [2.24, 2.45) is 0 Å². The fourth-order valence-corrected chi connectivity index (χ4v) is 3.28. The van der Waals surface area contributed by atoms with E-state index in [0.29, 0.717) is 27.4 Å². The molecule has 0 radical (unpaired) electrons. The lowest BCUT2D eigenvalue weighted by molar-refractivity contribution is -0.118. The standard InChI is InChI=1S/C22H16Cl2N2O3/c1-13-5-7-18-20(9-13)29-22(26-18)14-3-2-4-16(10-14)25-21(27)12-28-19-8-6-15(23)11-17(19)24/h2-11H,12H2,1H3,(H,25,27). The van der Waals surface area contributed by atoms with E-state index in [9.17, 15) is 4.79 Å². The van der Waals surface area contributed by atoms with Gasteiger partial charge in [0.25, 0.3) is 5.91 Å². The second-order valence-corrected chi connectivity index (χ2v) is 7.33. The molecule has 0 spiro atoms. The molecule has 7 heteroatoms. The predicted molar refractivity (Wildman–Crippen MR) is 115 cm³/mol. The van der Waals surface area contributed by atoms with Gasteiger partial charge in [0.2, 0.25) is 5.89 Å². The highest BCUT2D eigenvalue weighted by atomic mass is 35.5. The topological polar surface area (TPSA) is 64.4 Å². The molecule has 0 aliphatic carbocycles. The van der Waals surface area contributed by atoms with Crippen LogP contribution in [0.5, 0.6) is 5.75 Å². The number of carbonyl (C=O) groups excluding carboxylic acids is 1. The van der Waals surface area contributed by atoms with Crippen LogP contribution in [0.2, 0.25) is 10.0 Å². The normalized spacial score (nSPS) is 10.9. The number of oxazole rings is 1. The van der Waals surface area contributed by atoms with Crippen molar-refractivity contribution >= 4 is 45.9 Å². The lowest BCUT2D eigenvalue weighted by Gasteiger charge is -2.09. The highest BCUT2D eigenvalue weighted by Gasteiger charge is 2.11. The Labute approximate surface area is 177 Å². The Kier molecular flexibility index (Phi) is 5.43. The number of benzene rings is 3. The summed E-state index contributed by atoms with van der Waals surface area (Å²) in [5, 5.41) is 3.64. The first-order valence-corrected chi connectivity index (χ1v) is 9.59. The number of ether oxygens (including phenoxy) is 1. The van der Waals surface area contributed by atoms with Crippen molar-refractivity contribution in [2.75, 3.05) is 11.9 Å². The van der Waals surface area contributed by atoms with E-state index in [1.165, 1.54) is 0 Å². The quantitative estimate of drug-likeness (QED) is 0.416. The molecule has 0 atom stereocenters. The number of rotatable bonds is 5. The van der Waals surface area contributed by atoms with Gasteiger partial charge in [-0.2, -0.15) is 0 Å². The number of anilines is 1. The Morgan fingerprint density at radius 3 is 2.79 bits per heavy atom. The Bertz CT molecular complexity index is 1200. The summed E-state index contributed by atoms with van der Waals surface area (Å²) in [5.41, 5.74) is 3.98. The van der Waals surface area contributed by atoms with E-state index in [1.54, 1.807) is 30.3 Å². The van der Waals surface area contributed by atoms with Crippen LogP contribution < -0.4 is 10.1 Å². The third kappa shape index (κ3) is 4.53. The van der Waals surface area contributed by atoms with Gasteiger partial charge in [-0.15, -0.1) is 0 Å². The molecular weight excluding hydrogens is 411 g/mol. The Hall–Kier alpha value is -3.02. The smallest absolute Gasteiger partial charge is 0.262 e. The average molecular weight is 427 g/mol. The number of nitrogens with one attached hydrogen (secondary N) is 1. The summed E-state index contributed by atoms with van der Waals surface area (Å²) in [6.07, 6.45) is 0. The largest absolute Gasteiger partial charge is 0.482 e. The SMILES string of the molecule is Cc1ccc2nc(-c3cccc(NC(=O)COc4ccc(Cl)cc4Cl)c3)oc2c1. The molecule has 3 aromatic carbocycles. The van der Waals surface area contributed by atoms with Gasteiger partial charge in [0.15, 0.2) is 12.2 Å². The number of amides is 1. The number of halogens is 2. The molecule has 0 saturated carbocycles. The summed E-state index contributed by atoms with van der Waals surface area (Å²) < 4.78 is 11.3. The number of aryl methyl sites for hydroxylation is 1. The molecule has 1 amide bonds. The molecule has 0 fully saturated rings. The average Bonchev–Trinajstić information content (AvgIpc) is 3.11. The van der Waals surface area contributed by atoms with Crippen LogP contribution in [0.1, 0.15) is 5.56 Å². The molecule has 1 aromatic heterocycles. The van der Waals surface area contributed by atoms with Crippen molar-refractivity contribution in [1.29, 1.82) is 0 Å². The van der Waals surface area contributed by atoms with Gasteiger partial charge in [-0.25, -0.2) is 4.98 Å². The van der Waals surface area contributed by atoms with Crippen LogP contribution in [0, 0.1) is 6.92 Å². The zero-order valence-corrected chi connectivity index (χ0v) is 16.9. The van der Waals surface area contributed by atoms with Gasteiger partial charge in [0.1, 0.15) is 11.3 Å². The van der Waals surface area contributed by atoms with E-state index in [4.69, 9.17) is 32.4 Å². The molecule has 146 valence electrons. The summed E-state index contributed by atoms with van der Waals surface area (Å²) in [4.78, 5) is 16.8. The Morgan fingerprint density at radius 2 is 1.97 bits per heavy atom. The molecule has 4 rings (SSSR count). The molecule has 29 heavy (non-hydrogen) atoms.